The molecule has 5 heteroatoms. The summed E-state index contributed by atoms with van der Waals surface area (Å²) < 4.78 is 18.4. The van der Waals surface area contributed by atoms with Crippen LogP contribution in [-0.2, 0) is 6.54 Å². The summed E-state index contributed by atoms with van der Waals surface area (Å²) in [6.45, 7) is 0.481. The van der Waals surface area contributed by atoms with Gasteiger partial charge in [-0.1, -0.05) is 6.07 Å². The third-order valence-corrected chi connectivity index (χ3v) is 3.21. The largest absolute Gasteiger partial charge is 0.494 e. The van der Waals surface area contributed by atoms with Crippen LogP contribution >= 0.6 is 0 Å². The molecule has 0 bridgehead atoms. The fourth-order valence-corrected chi connectivity index (χ4v) is 2.13. The molecule has 0 atom stereocenters. The maximum Gasteiger partial charge on any atom is 0.165 e. The lowest BCUT2D eigenvalue weighted by Gasteiger charge is -2.03. The zero-order valence-electron chi connectivity index (χ0n) is 11.0. The Hall–Kier alpha value is -2.40. The lowest BCUT2D eigenvalue weighted by Crippen LogP contribution is -1.95. The number of ether oxygens (including phenoxy) is 1. The Kier molecular flexibility index (Phi) is 3.12. The molecule has 0 aliphatic heterocycles. The van der Waals surface area contributed by atoms with Crippen LogP contribution in [0.2, 0.25) is 0 Å². The lowest BCUT2D eigenvalue weighted by atomic mass is 10.2. The number of methoxy groups -OCH3 is 1. The molecule has 102 valence electrons. The molecule has 0 unspecified atom stereocenters. The number of aromatic nitrogens is 2. The Balaban J connectivity index is 2.09. The standard InChI is InChI=1S/C15H14FN3O/c1-20-14-7-10(3-4-11(14)16)15-18-12-5-2-9(8-17)6-13(12)19-15/h2-7H,8,17H2,1H3,(H,18,19). The topological polar surface area (TPSA) is 63.9 Å². The molecular formula is C15H14FN3O. The average molecular weight is 271 g/mol. The van der Waals surface area contributed by atoms with Gasteiger partial charge in [-0.15, -0.1) is 0 Å². The monoisotopic (exact) mass is 271 g/mol. The van der Waals surface area contributed by atoms with Gasteiger partial charge in [0.2, 0.25) is 0 Å². The second-order valence-electron chi connectivity index (χ2n) is 4.49. The Morgan fingerprint density at radius 3 is 2.85 bits per heavy atom. The molecule has 4 nitrogen and oxygen atoms in total. The molecule has 0 aliphatic carbocycles. The van der Waals surface area contributed by atoms with Crippen LogP contribution in [0.1, 0.15) is 5.56 Å². The second kappa shape index (κ2) is 4.94. The molecule has 0 radical (unpaired) electrons. The number of hydrogen-bond acceptors (Lipinski definition) is 3. The van der Waals surface area contributed by atoms with Crippen molar-refractivity contribution < 1.29 is 9.13 Å². The first kappa shape index (κ1) is 12.6. The summed E-state index contributed by atoms with van der Waals surface area (Å²) in [5, 5.41) is 0. The minimum absolute atomic E-state index is 0.200. The Morgan fingerprint density at radius 2 is 2.10 bits per heavy atom. The molecule has 2 aromatic carbocycles. The van der Waals surface area contributed by atoms with Gasteiger partial charge in [-0.2, -0.15) is 0 Å². The first-order valence-corrected chi connectivity index (χ1v) is 6.24. The third kappa shape index (κ3) is 2.12. The van der Waals surface area contributed by atoms with Gasteiger partial charge in [-0.05, 0) is 35.9 Å². The summed E-state index contributed by atoms with van der Waals surface area (Å²) in [6.07, 6.45) is 0. The van der Waals surface area contributed by atoms with Crippen molar-refractivity contribution in [2.75, 3.05) is 7.11 Å². The van der Waals surface area contributed by atoms with E-state index in [1.165, 1.54) is 13.2 Å². The van der Waals surface area contributed by atoms with Crippen LogP contribution in [0.4, 0.5) is 4.39 Å². The minimum atomic E-state index is -0.391. The maximum atomic E-state index is 13.4. The number of H-pyrrole nitrogens is 1. The molecule has 3 N–H and O–H groups in total. The van der Waals surface area contributed by atoms with E-state index in [1.54, 1.807) is 12.1 Å². The van der Waals surface area contributed by atoms with Crippen LogP contribution < -0.4 is 10.5 Å². The van der Waals surface area contributed by atoms with Crippen molar-refractivity contribution in [1.82, 2.24) is 9.97 Å². The van der Waals surface area contributed by atoms with E-state index in [4.69, 9.17) is 10.5 Å². The number of nitrogens with zero attached hydrogens (tertiary/aromatic N) is 1. The molecule has 3 aromatic rings. The maximum absolute atomic E-state index is 13.4. The molecule has 0 saturated carbocycles. The van der Waals surface area contributed by atoms with Crippen LogP contribution in [0.3, 0.4) is 0 Å². The number of nitrogens with one attached hydrogen (secondary N) is 1. The third-order valence-electron chi connectivity index (χ3n) is 3.21. The number of nitrogens with two attached hydrogens (primary N) is 1. The molecule has 0 amide bonds. The van der Waals surface area contributed by atoms with E-state index in [0.29, 0.717) is 12.4 Å². The zero-order valence-corrected chi connectivity index (χ0v) is 11.0. The van der Waals surface area contributed by atoms with E-state index in [9.17, 15) is 4.39 Å². The normalized spacial score (nSPS) is 10.9. The number of imidazole rings is 1. The molecule has 20 heavy (non-hydrogen) atoms. The molecular weight excluding hydrogens is 257 g/mol. The zero-order chi connectivity index (χ0) is 14.1. The quantitative estimate of drug-likeness (QED) is 0.770. The predicted octanol–water partition coefficient (Wildman–Crippen LogP) is 2.84. The van der Waals surface area contributed by atoms with Crippen molar-refractivity contribution in [3.05, 3.63) is 47.8 Å². The van der Waals surface area contributed by atoms with Gasteiger partial charge in [-0.25, -0.2) is 9.37 Å². The molecule has 0 saturated heterocycles. The van der Waals surface area contributed by atoms with Crippen LogP contribution in [-0.4, -0.2) is 17.1 Å². The first-order valence-electron chi connectivity index (χ1n) is 6.24. The van der Waals surface area contributed by atoms with Crippen LogP contribution in [0.25, 0.3) is 22.4 Å². The van der Waals surface area contributed by atoms with E-state index in [1.807, 2.05) is 18.2 Å². The van der Waals surface area contributed by atoms with Crippen molar-refractivity contribution in [2.45, 2.75) is 6.54 Å². The number of aromatic amines is 1. The Bertz CT molecular complexity index is 767. The van der Waals surface area contributed by atoms with Crippen LogP contribution in [0.15, 0.2) is 36.4 Å². The van der Waals surface area contributed by atoms with Crippen molar-refractivity contribution >= 4 is 11.0 Å². The fourth-order valence-electron chi connectivity index (χ4n) is 2.13. The Morgan fingerprint density at radius 1 is 1.25 bits per heavy atom. The highest BCUT2D eigenvalue weighted by Crippen LogP contribution is 2.26. The summed E-state index contributed by atoms with van der Waals surface area (Å²) in [5.74, 6) is 0.482. The molecule has 0 spiro atoms. The van der Waals surface area contributed by atoms with E-state index in [0.717, 1.165) is 22.2 Å². The summed E-state index contributed by atoms with van der Waals surface area (Å²) in [5.41, 5.74) is 9.18. The highest BCUT2D eigenvalue weighted by atomic mass is 19.1. The summed E-state index contributed by atoms with van der Waals surface area (Å²) in [6, 6.07) is 10.5. The molecule has 3 rings (SSSR count). The van der Waals surface area contributed by atoms with Crippen LogP contribution in [0.5, 0.6) is 5.75 Å². The van der Waals surface area contributed by atoms with Gasteiger partial charge in [0.1, 0.15) is 5.82 Å². The molecule has 1 heterocycles. The average Bonchev–Trinajstić information content (AvgIpc) is 2.90. The van der Waals surface area contributed by atoms with Gasteiger partial charge >= 0.3 is 0 Å². The highest BCUT2D eigenvalue weighted by Gasteiger charge is 2.09. The summed E-state index contributed by atoms with van der Waals surface area (Å²) in [7, 11) is 1.44. The van der Waals surface area contributed by atoms with Gasteiger partial charge in [0.05, 0.1) is 18.1 Å². The van der Waals surface area contributed by atoms with Crippen molar-refractivity contribution in [1.29, 1.82) is 0 Å². The van der Waals surface area contributed by atoms with Gasteiger partial charge in [-0.3, -0.25) is 0 Å². The Labute approximate surface area is 115 Å². The van der Waals surface area contributed by atoms with Gasteiger partial charge in [0, 0.05) is 12.1 Å². The SMILES string of the molecule is COc1cc(-c2nc3ccc(CN)cc3[nH]2)ccc1F. The second-order valence-corrected chi connectivity index (χ2v) is 4.49. The molecule has 0 fully saturated rings. The van der Waals surface area contributed by atoms with E-state index < -0.39 is 5.82 Å². The number of rotatable bonds is 3. The first-order chi connectivity index (χ1) is 9.71. The van der Waals surface area contributed by atoms with Crippen molar-refractivity contribution in [2.24, 2.45) is 5.73 Å². The summed E-state index contributed by atoms with van der Waals surface area (Å²) in [4.78, 5) is 7.70. The molecule has 1 aromatic heterocycles. The fraction of sp³-hybridized carbons (Fsp3) is 0.133. The van der Waals surface area contributed by atoms with E-state index in [2.05, 4.69) is 9.97 Å². The summed E-state index contributed by atoms with van der Waals surface area (Å²) >= 11 is 0. The lowest BCUT2D eigenvalue weighted by molar-refractivity contribution is 0.387. The van der Waals surface area contributed by atoms with E-state index >= 15 is 0 Å². The van der Waals surface area contributed by atoms with Crippen molar-refractivity contribution in [3.8, 4) is 17.1 Å². The highest BCUT2D eigenvalue weighted by molar-refractivity contribution is 5.80. The van der Waals surface area contributed by atoms with Gasteiger partial charge in [0.15, 0.2) is 11.6 Å². The number of benzene rings is 2. The number of halogens is 1. The van der Waals surface area contributed by atoms with Gasteiger partial charge < -0.3 is 15.5 Å². The molecule has 0 aliphatic rings. The minimum Gasteiger partial charge on any atom is -0.494 e. The number of hydrogen-bond donors (Lipinski definition) is 2. The predicted molar refractivity (Wildman–Crippen MR) is 75.9 cm³/mol. The van der Waals surface area contributed by atoms with Gasteiger partial charge in [0.25, 0.3) is 0 Å². The van der Waals surface area contributed by atoms with Crippen LogP contribution in [0, 0.1) is 5.82 Å². The van der Waals surface area contributed by atoms with E-state index in [-0.39, 0.29) is 5.75 Å². The smallest absolute Gasteiger partial charge is 0.165 e. The van der Waals surface area contributed by atoms with Crippen molar-refractivity contribution in [3.63, 3.8) is 0 Å². The number of fused-ring (bicyclic) bond motifs is 1.